The fraction of sp³-hybridized carbons (Fsp3) is 0.600. The largest absolute Gasteiger partial charge is 0.291 e. The van der Waals surface area contributed by atoms with Crippen molar-refractivity contribution in [1.82, 2.24) is 4.90 Å². The molecular weight excluding hydrogens is 213 g/mol. The molecule has 0 spiro atoms. The summed E-state index contributed by atoms with van der Waals surface area (Å²) in [4.78, 5) is 2.64. The summed E-state index contributed by atoms with van der Waals surface area (Å²) in [5, 5.41) is 0. The van der Waals surface area contributed by atoms with Gasteiger partial charge in [-0.3, -0.25) is 4.90 Å². The minimum atomic E-state index is -0.138. The summed E-state index contributed by atoms with van der Waals surface area (Å²) in [6, 6.07) is 7.85. The highest BCUT2D eigenvalue weighted by Crippen LogP contribution is 2.48. The monoisotopic (exact) mass is 233 g/mol. The second kappa shape index (κ2) is 3.81. The van der Waals surface area contributed by atoms with Gasteiger partial charge < -0.3 is 0 Å². The first-order chi connectivity index (χ1) is 8.11. The molecule has 3 atom stereocenters. The van der Waals surface area contributed by atoms with Crippen LogP contribution in [0.2, 0.25) is 0 Å². The number of hydrogen-bond donors (Lipinski definition) is 0. The van der Waals surface area contributed by atoms with Gasteiger partial charge in [0.25, 0.3) is 0 Å². The van der Waals surface area contributed by atoms with Gasteiger partial charge in [-0.25, -0.2) is 4.39 Å². The maximum Gasteiger partial charge on any atom is 0.123 e. The Hall–Kier alpha value is -0.890. The second-order valence-corrected chi connectivity index (χ2v) is 5.87. The molecule has 1 aromatic rings. The Morgan fingerprint density at radius 1 is 1.29 bits per heavy atom. The molecule has 0 aliphatic carbocycles. The normalized spacial score (nSPS) is 37.4. The number of hydrogen-bond acceptors (Lipinski definition) is 1. The van der Waals surface area contributed by atoms with Crippen LogP contribution in [0, 0.1) is 11.7 Å². The van der Waals surface area contributed by atoms with E-state index in [1.54, 1.807) is 12.1 Å². The minimum absolute atomic E-state index is 0.119. The molecular formula is C15H20FN. The maximum atomic E-state index is 13.0. The van der Waals surface area contributed by atoms with E-state index in [-0.39, 0.29) is 11.4 Å². The van der Waals surface area contributed by atoms with E-state index in [2.05, 4.69) is 18.7 Å². The first kappa shape index (κ1) is 11.2. The number of nitrogens with zero attached hydrogens (tertiary/aromatic N) is 1. The van der Waals surface area contributed by atoms with Crippen molar-refractivity contribution in [1.29, 1.82) is 0 Å². The molecule has 17 heavy (non-hydrogen) atoms. The van der Waals surface area contributed by atoms with Crippen molar-refractivity contribution in [3.8, 4) is 0 Å². The molecule has 2 aliphatic heterocycles. The van der Waals surface area contributed by atoms with Crippen molar-refractivity contribution in [3.05, 3.63) is 35.6 Å². The highest BCUT2D eigenvalue weighted by atomic mass is 19.1. The Bertz CT molecular complexity index is 413. The van der Waals surface area contributed by atoms with E-state index >= 15 is 0 Å². The van der Waals surface area contributed by atoms with Crippen molar-refractivity contribution in [2.24, 2.45) is 5.92 Å². The van der Waals surface area contributed by atoms with Crippen molar-refractivity contribution in [3.63, 3.8) is 0 Å². The average Bonchev–Trinajstić information content (AvgIpc) is 2.86. The van der Waals surface area contributed by atoms with Crippen molar-refractivity contribution >= 4 is 0 Å². The molecule has 2 fully saturated rings. The summed E-state index contributed by atoms with van der Waals surface area (Å²) in [6.45, 7) is 5.88. The van der Waals surface area contributed by atoms with E-state index in [4.69, 9.17) is 0 Å². The van der Waals surface area contributed by atoms with E-state index in [0.29, 0.717) is 0 Å². The van der Waals surface area contributed by atoms with Crippen LogP contribution in [0.15, 0.2) is 24.3 Å². The minimum Gasteiger partial charge on any atom is -0.291 e. The van der Waals surface area contributed by atoms with Crippen LogP contribution in [0.4, 0.5) is 4.39 Å². The van der Waals surface area contributed by atoms with Crippen LogP contribution in [0.5, 0.6) is 0 Å². The topological polar surface area (TPSA) is 3.24 Å². The lowest BCUT2D eigenvalue weighted by molar-refractivity contribution is 0.149. The van der Waals surface area contributed by atoms with Gasteiger partial charge in [0, 0.05) is 11.6 Å². The van der Waals surface area contributed by atoms with Crippen LogP contribution in [0.25, 0.3) is 0 Å². The summed E-state index contributed by atoms with van der Waals surface area (Å²) in [7, 11) is 0. The van der Waals surface area contributed by atoms with Gasteiger partial charge in [0.15, 0.2) is 0 Å². The lowest BCUT2D eigenvalue weighted by atomic mass is 9.86. The molecule has 1 aromatic carbocycles. The quantitative estimate of drug-likeness (QED) is 0.717. The Balaban J connectivity index is 1.98. The Morgan fingerprint density at radius 3 is 2.71 bits per heavy atom. The van der Waals surface area contributed by atoms with Gasteiger partial charge in [-0.1, -0.05) is 19.1 Å². The zero-order chi connectivity index (χ0) is 12.0. The maximum absolute atomic E-state index is 13.0. The Morgan fingerprint density at radius 2 is 2.00 bits per heavy atom. The molecule has 0 saturated carbocycles. The molecule has 0 amide bonds. The Kier molecular flexibility index (Phi) is 2.51. The molecule has 2 heterocycles. The van der Waals surface area contributed by atoms with Crippen LogP contribution in [-0.2, 0) is 5.54 Å². The molecule has 0 N–H and O–H groups in total. The molecule has 3 unspecified atom stereocenters. The van der Waals surface area contributed by atoms with Gasteiger partial charge >= 0.3 is 0 Å². The predicted octanol–water partition coefficient (Wildman–Crippen LogP) is 3.55. The van der Waals surface area contributed by atoms with Gasteiger partial charge in [0.05, 0.1) is 0 Å². The summed E-state index contributed by atoms with van der Waals surface area (Å²) in [5.41, 5.74) is 1.39. The smallest absolute Gasteiger partial charge is 0.123 e. The zero-order valence-electron chi connectivity index (χ0n) is 10.6. The van der Waals surface area contributed by atoms with Gasteiger partial charge in [-0.05, 0) is 56.3 Å². The molecule has 2 heteroatoms. The molecule has 0 radical (unpaired) electrons. The predicted molar refractivity (Wildman–Crippen MR) is 67.3 cm³/mol. The summed E-state index contributed by atoms with van der Waals surface area (Å²) >= 11 is 0. The van der Waals surface area contributed by atoms with Gasteiger partial charge in [0.2, 0.25) is 0 Å². The molecule has 0 aromatic heterocycles. The molecule has 2 saturated heterocycles. The molecule has 1 nitrogen and oxygen atoms in total. The summed E-state index contributed by atoms with van der Waals surface area (Å²) in [6.07, 6.45) is 3.84. The number of halogens is 1. The SMILES string of the molecule is CC1CC(C)(c2ccc(F)cc2)N2CCCC12. The lowest BCUT2D eigenvalue weighted by Crippen LogP contribution is -2.39. The van der Waals surface area contributed by atoms with E-state index in [9.17, 15) is 4.39 Å². The van der Waals surface area contributed by atoms with E-state index < -0.39 is 0 Å². The number of fused-ring (bicyclic) bond motifs is 1. The first-order valence-electron chi connectivity index (χ1n) is 6.64. The number of benzene rings is 1. The Labute approximate surface area is 103 Å². The van der Waals surface area contributed by atoms with E-state index in [1.807, 2.05) is 12.1 Å². The van der Waals surface area contributed by atoms with Crippen LogP contribution in [0.3, 0.4) is 0 Å². The highest BCUT2D eigenvalue weighted by Gasteiger charge is 2.49. The average molecular weight is 233 g/mol. The van der Waals surface area contributed by atoms with Crippen molar-refractivity contribution in [2.75, 3.05) is 6.54 Å². The zero-order valence-corrected chi connectivity index (χ0v) is 10.6. The van der Waals surface area contributed by atoms with Gasteiger partial charge in [-0.15, -0.1) is 0 Å². The van der Waals surface area contributed by atoms with Crippen LogP contribution in [-0.4, -0.2) is 17.5 Å². The second-order valence-electron chi connectivity index (χ2n) is 5.87. The fourth-order valence-electron chi connectivity index (χ4n) is 3.97. The van der Waals surface area contributed by atoms with Crippen molar-refractivity contribution < 1.29 is 4.39 Å². The molecule has 2 aliphatic rings. The molecule has 92 valence electrons. The third kappa shape index (κ3) is 1.61. The third-order valence-electron chi connectivity index (χ3n) is 4.78. The van der Waals surface area contributed by atoms with Crippen LogP contribution in [0.1, 0.15) is 38.7 Å². The fourth-order valence-corrected chi connectivity index (χ4v) is 3.97. The number of rotatable bonds is 1. The highest BCUT2D eigenvalue weighted by molar-refractivity contribution is 5.27. The van der Waals surface area contributed by atoms with Gasteiger partial charge in [0.1, 0.15) is 5.82 Å². The first-order valence-corrected chi connectivity index (χ1v) is 6.64. The molecule has 0 bridgehead atoms. The van der Waals surface area contributed by atoms with E-state index in [1.165, 1.54) is 31.4 Å². The molecule has 3 rings (SSSR count). The van der Waals surface area contributed by atoms with Crippen LogP contribution >= 0.6 is 0 Å². The van der Waals surface area contributed by atoms with Crippen LogP contribution < -0.4 is 0 Å². The van der Waals surface area contributed by atoms with Crippen molar-refractivity contribution in [2.45, 2.75) is 44.7 Å². The van der Waals surface area contributed by atoms with Gasteiger partial charge in [-0.2, -0.15) is 0 Å². The summed E-state index contributed by atoms with van der Waals surface area (Å²) in [5.74, 6) is 0.619. The summed E-state index contributed by atoms with van der Waals surface area (Å²) < 4.78 is 13.0. The van der Waals surface area contributed by atoms with E-state index in [0.717, 1.165) is 12.0 Å². The standard InChI is InChI=1S/C15H20FN/c1-11-10-15(2,17-9-3-4-14(11)17)12-5-7-13(16)8-6-12/h5-8,11,14H,3-4,9-10H2,1-2H3. The lowest BCUT2D eigenvalue weighted by Gasteiger charge is -2.35. The third-order valence-corrected chi connectivity index (χ3v) is 4.78.